The molecule has 0 bridgehead atoms. The summed E-state index contributed by atoms with van der Waals surface area (Å²) in [6.45, 7) is 6.47. The van der Waals surface area contributed by atoms with E-state index in [0.29, 0.717) is 17.6 Å². The Kier molecular flexibility index (Phi) is 4.33. The smallest absolute Gasteiger partial charge is 0.148 e. The highest BCUT2D eigenvalue weighted by atomic mass is 16.5. The zero-order chi connectivity index (χ0) is 13.0. The highest BCUT2D eigenvalue weighted by Gasteiger charge is 2.15. The molecule has 2 heterocycles. The number of aryl methyl sites for hydroxylation is 1. The van der Waals surface area contributed by atoms with Crippen molar-refractivity contribution >= 4 is 11.6 Å². The van der Waals surface area contributed by atoms with Crippen molar-refractivity contribution in [3.8, 4) is 0 Å². The number of nitrogens with two attached hydrogens (primary N) is 1. The fourth-order valence-corrected chi connectivity index (χ4v) is 2.13. The van der Waals surface area contributed by atoms with Gasteiger partial charge in [-0.3, -0.25) is 0 Å². The maximum Gasteiger partial charge on any atom is 0.148 e. The number of anilines is 2. The Morgan fingerprint density at radius 3 is 2.56 bits per heavy atom. The van der Waals surface area contributed by atoms with Crippen molar-refractivity contribution in [3.05, 3.63) is 11.4 Å². The van der Waals surface area contributed by atoms with Gasteiger partial charge >= 0.3 is 0 Å². The van der Waals surface area contributed by atoms with Crippen LogP contribution in [0.3, 0.4) is 0 Å². The van der Waals surface area contributed by atoms with Crippen LogP contribution >= 0.6 is 0 Å². The van der Waals surface area contributed by atoms with Gasteiger partial charge in [-0.15, -0.1) is 0 Å². The van der Waals surface area contributed by atoms with E-state index in [1.807, 2.05) is 13.8 Å². The summed E-state index contributed by atoms with van der Waals surface area (Å²) in [6.07, 6.45) is 2.22. The molecule has 0 radical (unpaired) electrons. The molecule has 0 amide bonds. The Morgan fingerprint density at radius 1 is 1.22 bits per heavy atom. The second-order valence-corrected chi connectivity index (χ2v) is 4.67. The molecule has 6 nitrogen and oxygen atoms in total. The molecule has 0 unspecified atom stereocenters. The number of hydrogen-bond donors (Lipinski definition) is 3. The van der Waals surface area contributed by atoms with E-state index in [4.69, 9.17) is 10.6 Å². The summed E-state index contributed by atoms with van der Waals surface area (Å²) < 4.78 is 5.35. The van der Waals surface area contributed by atoms with E-state index in [2.05, 4.69) is 20.7 Å². The van der Waals surface area contributed by atoms with Crippen LogP contribution in [0.4, 0.5) is 11.6 Å². The van der Waals surface area contributed by atoms with E-state index in [1.165, 1.54) is 0 Å². The van der Waals surface area contributed by atoms with Crippen molar-refractivity contribution in [2.75, 3.05) is 30.5 Å². The average Bonchev–Trinajstić information content (AvgIpc) is 2.40. The molecule has 1 fully saturated rings. The van der Waals surface area contributed by atoms with Crippen LogP contribution in [0.1, 0.15) is 24.2 Å². The molecule has 1 aromatic rings. The summed E-state index contributed by atoms with van der Waals surface area (Å²) in [5, 5.41) is 3.40. The molecule has 0 aromatic carbocycles. The number of ether oxygens (including phenoxy) is 1. The van der Waals surface area contributed by atoms with E-state index < -0.39 is 0 Å². The molecule has 6 heteroatoms. The third kappa shape index (κ3) is 3.08. The predicted octanol–water partition coefficient (Wildman–Crippen LogP) is 1.22. The molecule has 2 rings (SSSR count). The fourth-order valence-electron chi connectivity index (χ4n) is 2.13. The van der Waals surface area contributed by atoms with Crippen molar-refractivity contribution in [1.29, 1.82) is 0 Å². The van der Waals surface area contributed by atoms with Crippen LogP contribution in [0.25, 0.3) is 0 Å². The number of hydrazine groups is 1. The minimum absolute atomic E-state index is 0.655. The first kappa shape index (κ1) is 13.0. The number of aromatic nitrogens is 2. The summed E-state index contributed by atoms with van der Waals surface area (Å²) in [6, 6.07) is 0. The van der Waals surface area contributed by atoms with E-state index in [1.54, 1.807) is 0 Å². The minimum atomic E-state index is 0.655. The van der Waals surface area contributed by atoms with Gasteiger partial charge in [0.15, 0.2) is 0 Å². The van der Waals surface area contributed by atoms with Gasteiger partial charge in [-0.25, -0.2) is 15.8 Å². The van der Waals surface area contributed by atoms with Gasteiger partial charge in [0, 0.05) is 25.3 Å². The zero-order valence-corrected chi connectivity index (χ0v) is 11.0. The van der Waals surface area contributed by atoms with Gasteiger partial charge in [0.05, 0.1) is 0 Å². The van der Waals surface area contributed by atoms with Gasteiger partial charge in [-0.1, -0.05) is 0 Å². The molecule has 0 atom stereocenters. The summed E-state index contributed by atoms with van der Waals surface area (Å²) in [5.41, 5.74) is 3.56. The first-order valence-electron chi connectivity index (χ1n) is 6.34. The molecule has 0 saturated carbocycles. The quantitative estimate of drug-likeness (QED) is 0.551. The normalized spacial score (nSPS) is 16.6. The van der Waals surface area contributed by atoms with Crippen molar-refractivity contribution in [2.24, 2.45) is 11.8 Å². The second-order valence-electron chi connectivity index (χ2n) is 4.67. The highest BCUT2D eigenvalue weighted by Crippen LogP contribution is 2.21. The molecule has 100 valence electrons. The van der Waals surface area contributed by atoms with Crippen molar-refractivity contribution in [1.82, 2.24) is 9.97 Å². The Balaban J connectivity index is 2.01. The third-order valence-corrected chi connectivity index (χ3v) is 3.29. The maximum atomic E-state index is 5.44. The van der Waals surface area contributed by atoms with Gasteiger partial charge in [0.2, 0.25) is 0 Å². The molecule has 0 aliphatic carbocycles. The Hall–Kier alpha value is -1.40. The predicted molar refractivity (Wildman–Crippen MR) is 71.3 cm³/mol. The molecule has 4 N–H and O–H groups in total. The molecular formula is C12H21N5O. The van der Waals surface area contributed by atoms with Crippen LogP contribution in [0.2, 0.25) is 0 Å². The lowest BCUT2D eigenvalue weighted by Gasteiger charge is -2.23. The molecule has 1 aromatic heterocycles. The summed E-state index contributed by atoms with van der Waals surface area (Å²) >= 11 is 0. The Labute approximate surface area is 107 Å². The van der Waals surface area contributed by atoms with Crippen molar-refractivity contribution < 1.29 is 4.74 Å². The van der Waals surface area contributed by atoms with E-state index in [-0.39, 0.29) is 0 Å². The van der Waals surface area contributed by atoms with Crippen LogP contribution in [-0.2, 0) is 4.74 Å². The average molecular weight is 251 g/mol. The van der Waals surface area contributed by atoms with Crippen LogP contribution in [-0.4, -0.2) is 29.7 Å². The third-order valence-electron chi connectivity index (χ3n) is 3.29. The van der Waals surface area contributed by atoms with Crippen LogP contribution in [0, 0.1) is 19.8 Å². The first-order valence-corrected chi connectivity index (χ1v) is 6.34. The second kappa shape index (κ2) is 5.97. The van der Waals surface area contributed by atoms with Crippen LogP contribution in [0.5, 0.6) is 0 Å². The molecule has 1 saturated heterocycles. The number of nitrogens with one attached hydrogen (secondary N) is 2. The van der Waals surface area contributed by atoms with E-state index in [0.717, 1.165) is 44.0 Å². The zero-order valence-electron chi connectivity index (χ0n) is 11.0. The maximum absolute atomic E-state index is 5.44. The monoisotopic (exact) mass is 251 g/mol. The van der Waals surface area contributed by atoms with E-state index in [9.17, 15) is 0 Å². The molecule has 0 spiro atoms. The number of rotatable bonds is 4. The van der Waals surface area contributed by atoms with E-state index >= 15 is 0 Å². The lowest BCUT2D eigenvalue weighted by molar-refractivity contribution is 0.0699. The Morgan fingerprint density at radius 2 is 1.89 bits per heavy atom. The topological polar surface area (TPSA) is 85.1 Å². The van der Waals surface area contributed by atoms with Gasteiger partial charge in [0.25, 0.3) is 0 Å². The van der Waals surface area contributed by atoms with Crippen LogP contribution < -0.4 is 16.6 Å². The number of hydrogen-bond acceptors (Lipinski definition) is 6. The summed E-state index contributed by atoms with van der Waals surface area (Å²) in [4.78, 5) is 8.66. The molecule has 1 aliphatic rings. The van der Waals surface area contributed by atoms with Gasteiger partial charge < -0.3 is 15.5 Å². The lowest BCUT2D eigenvalue weighted by Crippen LogP contribution is -2.23. The molecular weight excluding hydrogens is 230 g/mol. The standard InChI is InChI=1S/C12H21N5O/c1-8-11(15-9(2)16-12(8)17-13)14-7-10-3-5-18-6-4-10/h10H,3-7,13H2,1-2H3,(H2,14,15,16,17). The van der Waals surface area contributed by atoms with Crippen LogP contribution in [0.15, 0.2) is 0 Å². The molecule has 1 aliphatic heterocycles. The van der Waals surface area contributed by atoms with Crippen molar-refractivity contribution in [2.45, 2.75) is 26.7 Å². The number of nitrogens with zero attached hydrogens (tertiary/aromatic N) is 2. The van der Waals surface area contributed by atoms with Crippen molar-refractivity contribution in [3.63, 3.8) is 0 Å². The van der Waals surface area contributed by atoms with Gasteiger partial charge in [-0.2, -0.15) is 0 Å². The first-order chi connectivity index (χ1) is 8.70. The fraction of sp³-hybridized carbons (Fsp3) is 0.667. The SMILES string of the molecule is Cc1nc(NN)c(C)c(NCC2CCOCC2)n1. The highest BCUT2D eigenvalue weighted by molar-refractivity contribution is 5.56. The minimum Gasteiger partial charge on any atom is -0.381 e. The van der Waals surface area contributed by atoms with Gasteiger partial charge in [0.1, 0.15) is 17.5 Å². The number of nitrogen functional groups attached to an aromatic ring is 1. The summed E-state index contributed by atoms with van der Waals surface area (Å²) in [7, 11) is 0. The largest absolute Gasteiger partial charge is 0.381 e. The Bertz CT molecular complexity index is 404. The lowest BCUT2D eigenvalue weighted by atomic mass is 10.0. The summed E-state index contributed by atoms with van der Waals surface area (Å²) in [5.74, 6) is 8.35. The van der Waals surface area contributed by atoms with Gasteiger partial charge in [-0.05, 0) is 32.6 Å². The molecule has 18 heavy (non-hydrogen) atoms.